The Morgan fingerprint density at radius 2 is 1.94 bits per heavy atom. The molecule has 1 aromatic rings. The largest absolute Gasteiger partial charge is 0.417 e. The van der Waals surface area contributed by atoms with Gasteiger partial charge in [0.15, 0.2) is 6.10 Å². The SMILES string of the molecule is NC(=O)C(O)C(O)c1cncc(C(F)(F)F)c1. The van der Waals surface area contributed by atoms with Crippen LogP contribution in [0.15, 0.2) is 18.5 Å². The lowest BCUT2D eigenvalue weighted by atomic mass is 10.0. The third-order valence-corrected chi connectivity index (χ3v) is 2.02. The van der Waals surface area contributed by atoms with E-state index < -0.39 is 29.9 Å². The van der Waals surface area contributed by atoms with Gasteiger partial charge in [-0.3, -0.25) is 9.78 Å². The van der Waals surface area contributed by atoms with Crippen molar-refractivity contribution >= 4 is 5.91 Å². The van der Waals surface area contributed by atoms with Gasteiger partial charge in [0.2, 0.25) is 5.91 Å². The quantitative estimate of drug-likeness (QED) is 0.702. The zero-order valence-corrected chi connectivity index (χ0v) is 8.35. The van der Waals surface area contributed by atoms with Gasteiger partial charge in [-0.25, -0.2) is 0 Å². The number of nitrogens with zero attached hydrogens (tertiary/aromatic N) is 1. The number of rotatable bonds is 3. The molecule has 5 nitrogen and oxygen atoms in total. The van der Waals surface area contributed by atoms with Crippen LogP contribution < -0.4 is 5.73 Å². The number of hydrogen-bond acceptors (Lipinski definition) is 4. The number of nitrogens with two attached hydrogens (primary N) is 1. The maximum Gasteiger partial charge on any atom is 0.417 e. The molecule has 0 aromatic carbocycles. The molecule has 0 saturated heterocycles. The molecule has 0 fully saturated rings. The first-order valence-electron chi connectivity index (χ1n) is 4.41. The minimum absolute atomic E-state index is 0.342. The normalized spacial score (nSPS) is 15.4. The average Bonchev–Trinajstić information content (AvgIpc) is 2.26. The molecular weight excluding hydrogens is 241 g/mol. The monoisotopic (exact) mass is 250 g/mol. The van der Waals surface area contributed by atoms with E-state index in [2.05, 4.69) is 4.98 Å². The van der Waals surface area contributed by atoms with Crippen LogP contribution in [0.5, 0.6) is 0 Å². The highest BCUT2D eigenvalue weighted by atomic mass is 19.4. The van der Waals surface area contributed by atoms with E-state index in [4.69, 9.17) is 10.8 Å². The number of amides is 1. The zero-order chi connectivity index (χ0) is 13.2. The van der Waals surface area contributed by atoms with Crippen LogP contribution in [0, 0.1) is 0 Å². The van der Waals surface area contributed by atoms with E-state index in [0.717, 1.165) is 6.20 Å². The van der Waals surface area contributed by atoms with Gasteiger partial charge in [-0.2, -0.15) is 13.2 Å². The molecule has 8 heteroatoms. The van der Waals surface area contributed by atoms with Crippen LogP contribution in [0.1, 0.15) is 17.2 Å². The maximum absolute atomic E-state index is 12.3. The van der Waals surface area contributed by atoms with Crippen LogP contribution in [-0.2, 0) is 11.0 Å². The lowest BCUT2D eigenvalue weighted by Gasteiger charge is -2.16. The Kier molecular flexibility index (Phi) is 3.69. The first-order chi connectivity index (χ1) is 7.73. The van der Waals surface area contributed by atoms with Crippen molar-refractivity contribution < 1.29 is 28.2 Å². The van der Waals surface area contributed by atoms with Crippen molar-refractivity contribution in [2.75, 3.05) is 0 Å². The summed E-state index contributed by atoms with van der Waals surface area (Å²) in [6, 6.07) is 0.587. The minimum atomic E-state index is -4.62. The summed E-state index contributed by atoms with van der Waals surface area (Å²) in [6.07, 6.45) is -6.98. The van der Waals surface area contributed by atoms with Crippen LogP contribution >= 0.6 is 0 Å². The lowest BCUT2D eigenvalue weighted by Crippen LogP contribution is -2.34. The number of pyridine rings is 1. The molecule has 1 aromatic heterocycles. The van der Waals surface area contributed by atoms with Gasteiger partial charge < -0.3 is 15.9 Å². The summed E-state index contributed by atoms with van der Waals surface area (Å²) >= 11 is 0. The summed E-state index contributed by atoms with van der Waals surface area (Å²) in [5.41, 5.74) is 3.27. The second-order valence-corrected chi connectivity index (χ2v) is 3.30. The van der Waals surface area contributed by atoms with Crippen molar-refractivity contribution in [3.63, 3.8) is 0 Å². The van der Waals surface area contributed by atoms with Crippen LogP contribution in [0.3, 0.4) is 0 Å². The highest BCUT2D eigenvalue weighted by molar-refractivity contribution is 5.79. The Balaban J connectivity index is 3.04. The fourth-order valence-electron chi connectivity index (χ4n) is 1.11. The average molecular weight is 250 g/mol. The Labute approximate surface area is 93.7 Å². The molecule has 94 valence electrons. The maximum atomic E-state index is 12.3. The molecule has 4 N–H and O–H groups in total. The van der Waals surface area contributed by atoms with E-state index in [1.54, 1.807) is 0 Å². The van der Waals surface area contributed by atoms with E-state index in [1.165, 1.54) is 0 Å². The predicted octanol–water partition coefficient (Wildman–Crippen LogP) is -0.0200. The molecule has 1 amide bonds. The van der Waals surface area contributed by atoms with Crippen molar-refractivity contribution in [1.82, 2.24) is 4.98 Å². The van der Waals surface area contributed by atoms with Crippen molar-refractivity contribution in [1.29, 1.82) is 0 Å². The Morgan fingerprint density at radius 3 is 2.41 bits per heavy atom. The number of primary amides is 1. The highest BCUT2D eigenvalue weighted by Gasteiger charge is 2.32. The molecule has 2 unspecified atom stereocenters. The molecule has 1 heterocycles. The topological polar surface area (TPSA) is 96.4 Å². The number of aliphatic hydroxyl groups is 2. The van der Waals surface area contributed by atoms with Gasteiger partial charge in [0.25, 0.3) is 0 Å². The summed E-state index contributed by atoms with van der Waals surface area (Å²) in [4.78, 5) is 13.8. The third-order valence-electron chi connectivity index (χ3n) is 2.02. The van der Waals surface area contributed by atoms with Gasteiger partial charge in [-0.05, 0) is 6.07 Å². The number of aliphatic hydroxyl groups excluding tert-OH is 2. The second-order valence-electron chi connectivity index (χ2n) is 3.30. The molecular formula is C9H9F3N2O3. The second kappa shape index (κ2) is 4.68. The van der Waals surface area contributed by atoms with Crippen molar-refractivity contribution in [3.05, 3.63) is 29.6 Å². The van der Waals surface area contributed by atoms with Crippen molar-refractivity contribution in [2.45, 2.75) is 18.4 Å². The molecule has 2 atom stereocenters. The van der Waals surface area contributed by atoms with Crippen LogP contribution in [0.25, 0.3) is 0 Å². The first-order valence-corrected chi connectivity index (χ1v) is 4.41. The van der Waals surface area contributed by atoms with Crippen LogP contribution in [-0.4, -0.2) is 27.2 Å². The first kappa shape index (κ1) is 13.4. The van der Waals surface area contributed by atoms with Crippen molar-refractivity contribution in [2.24, 2.45) is 5.73 Å². The number of aromatic nitrogens is 1. The fraction of sp³-hybridized carbons (Fsp3) is 0.333. The summed E-state index contributed by atoms with van der Waals surface area (Å²) in [5.74, 6) is -1.24. The Hall–Kier alpha value is -1.67. The fourth-order valence-corrected chi connectivity index (χ4v) is 1.11. The number of carbonyl (C=O) groups excluding carboxylic acids is 1. The van der Waals surface area contributed by atoms with E-state index in [-0.39, 0.29) is 5.56 Å². The summed E-state index contributed by atoms with van der Waals surface area (Å²) in [7, 11) is 0. The van der Waals surface area contributed by atoms with E-state index >= 15 is 0 Å². The summed E-state index contributed by atoms with van der Waals surface area (Å²) in [6.45, 7) is 0. The molecule has 0 spiro atoms. The van der Waals surface area contributed by atoms with E-state index in [1.807, 2.05) is 0 Å². The Morgan fingerprint density at radius 1 is 1.35 bits per heavy atom. The molecule has 0 aliphatic rings. The lowest BCUT2D eigenvalue weighted by molar-refractivity contribution is -0.138. The Bertz CT molecular complexity index is 422. The van der Waals surface area contributed by atoms with Gasteiger partial charge in [0, 0.05) is 18.0 Å². The molecule has 0 aliphatic carbocycles. The standard InChI is InChI=1S/C9H9F3N2O3/c10-9(11,12)5-1-4(2-14-3-5)6(15)7(16)8(13)17/h1-3,6-7,15-16H,(H2,13,17). The van der Waals surface area contributed by atoms with E-state index in [9.17, 15) is 23.1 Å². The summed E-state index contributed by atoms with van der Waals surface area (Å²) < 4.78 is 36.9. The number of carbonyl (C=O) groups is 1. The van der Waals surface area contributed by atoms with Gasteiger partial charge >= 0.3 is 6.18 Å². The van der Waals surface area contributed by atoms with Crippen LogP contribution in [0.4, 0.5) is 13.2 Å². The summed E-state index contributed by atoms with van der Waals surface area (Å²) in [5, 5.41) is 18.5. The third kappa shape index (κ3) is 3.14. The molecule has 0 radical (unpaired) electrons. The van der Waals surface area contributed by atoms with E-state index in [0.29, 0.717) is 12.3 Å². The molecule has 1 rings (SSSR count). The van der Waals surface area contributed by atoms with Crippen molar-refractivity contribution in [3.8, 4) is 0 Å². The number of halogens is 3. The molecule has 0 bridgehead atoms. The zero-order valence-electron chi connectivity index (χ0n) is 8.35. The minimum Gasteiger partial charge on any atom is -0.385 e. The van der Waals surface area contributed by atoms with Gasteiger partial charge in [0.05, 0.1) is 5.56 Å². The number of hydrogen-bond donors (Lipinski definition) is 3. The predicted molar refractivity (Wildman–Crippen MR) is 49.4 cm³/mol. The van der Waals surface area contributed by atoms with Gasteiger partial charge in [-0.15, -0.1) is 0 Å². The van der Waals surface area contributed by atoms with Gasteiger partial charge in [0.1, 0.15) is 6.10 Å². The molecule has 0 saturated carbocycles. The molecule has 0 aliphatic heterocycles. The highest BCUT2D eigenvalue weighted by Crippen LogP contribution is 2.30. The van der Waals surface area contributed by atoms with Gasteiger partial charge in [-0.1, -0.05) is 0 Å². The molecule has 17 heavy (non-hydrogen) atoms. The van der Waals surface area contributed by atoms with Crippen LogP contribution in [0.2, 0.25) is 0 Å². The number of alkyl halides is 3. The smallest absolute Gasteiger partial charge is 0.385 e.